The smallest absolute Gasteiger partial charge is 0.319 e. The molecule has 1 aliphatic rings. The molecule has 3 nitrogen and oxygen atoms in total. The van der Waals surface area contributed by atoms with Crippen LogP contribution in [0, 0.1) is 6.92 Å². The molecule has 2 amide bonds. The predicted octanol–water partition coefficient (Wildman–Crippen LogP) is 3.69. The van der Waals surface area contributed by atoms with Crippen molar-refractivity contribution in [2.45, 2.75) is 25.8 Å². The van der Waals surface area contributed by atoms with Gasteiger partial charge in [0.25, 0.3) is 0 Å². The van der Waals surface area contributed by atoms with E-state index >= 15 is 0 Å². The van der Waals surface area contributed by atoms with Gasteiger partial charge in [-0.3, -0.25) is 0 Å². The van der Waals surface area contributed by atoms with Gasteiger partial charge in [-0.1, -0.05) is 11.6 Å². The Morgan fingerprint density at radius 1 is 1.50 bits per heavy atom. The molecule has 0 aliphatic heterocycles. The van der Waals surface area contributed by atoms with E-state index < -0.39 is 0 Å². The molecule has 0 atom stereocenters. The number of rotatable bonds is 2. The van der Waals surface area contributed by atoms with Crippen LogP contribution in [0.3, 0.4) is 0 Å². The van der Waals surface area contributed by atoms with E-state index in [-0.39, 0.29) is 6.03 Å². The monoisotopic (exact) mass is 302 g/mol. The number of halogens is 2. The van der Waals surface area contributed by atoms with E-state index in [4.69, 9.17) is 11.6 Å². The highest BCUT2D eigenvalue weighted by molar-refractivity contribution is 9.10. The number of anilines is 1. The molecule has 16 heavy (non-hydrogen) atoms. The van der Waals surface area contributed by atoms with E-state index in [1.54, 1.807) is 6.07 Å². The zero-order valence-corrected chi connectivity index (χ0v) is 11.2. The van der Waals surface area contributed by atoms with Crippen LogP contribution in [-0.2, 0) is 0 Å². The zero-order valence-electron chi connectivity index (χ0n) is 8.81. The van der Waals surface area contributed by atoms with E-state index in [0.717, 1.165) is 28.6 Å². The Bertz CT molecular complexity index is 432. The summed E-state index contributed by atoms with van der Waals surface area (Å²) in [4.78, 5) is 11.5. The molecule has 1 aliphatic carbocycles. The second-order valence-corrected chi connectivity index (χ2v) is 5.22. The van der Waals surface area contributed by atoms with Crippen LogP contribution >= 0.6 is 27.5 Å². The number of carbonyl (C=O) groups excluding carboxylic acids is 1. The van der Waals surface area contributed by atoms with Crippen LogP contribution in [0.2, 0.25) is 5.02 Å². The number of hydrogen-bond acceptors (Lipinski definition) is 1. The lowest BCUT2D eigenvalue weighted by molar-refractivity contribution is 0.251. The van der Waals surface area contributed by atoms with Crippen LogP contribution in [-0.4, -0.2) is 12.1 Å². The Morgan fingerprint density at radius 2 is 2.19 bits per heavy atom. The number of aryl methyl sites for hydroxylation is 1. The van der Waals surface area contributed by atoms with Crippen molar-refractivity contribution in [3.05, 3.63) is 27.2 Å². The lowest BCUT2D eigenvalue weighted by Crippen LogP contribution is -2.30. The molecule has 5 heteroatoms. The van der Waals surface area contributed by atoms with E-state index in [9.17, 15) is 4.79 Å². The quantitative estimate of drug-likeness (QED) is 0.859. The minimum absolute atomic E-state index is 0.163. The summed E-state index contributed by atoms with van der Waals surface area (Å²) >= 11 is 9.31. The molecule has 1 fully saturated rings. The summed E-state index contributed by atoms with van der Waals surface area (Å²) < 4.78 is 0.833. The molecular formula is C11H12BrClN2O. The molecule has 0 spiro atoms. The van der Waals surface area contributed by atoms with Gasteiger partial charge in [-0.2, -0.15) is 0 Å². The van der Waals surface area contributed by atoms with Crippen molar-refractivity contribution in [1.82, 2.24) is 5.32 Å². The Balaban J connectivity index is 2.07. The maximum Gasteiger partial charge on any atom is 0.319 e. The average Bonchev–Trinajstić information content (AvgIpc) is 2.98. The number of nitrogens with one attached hydrogen (secondary N) is 2. The van der Waals surface area contributed by atoms with Crippen molar-refractivity contribution in [2.24, 2.45) is 0 Å². The Labute approximate surface area is 108 Å². The largest absolute Gasteiger partial charge is 0.335 e. The van der Waals surface area contributed by atoms with Crippen molar-refractivity contribution in [2.75, 3.05) is 5.32 Å². The summed E-state index contributed by atoms with van der Waals surface area (Å²) in [6.07, 6.45) is 2.15. The lowest BCUT2D eigenvalue weighted by Gasteiger charge is -2.10. The topological polar surface area (TPSA) is 41.1 Å². The molecule has 2 N–H and O–H groups in total. The Kier molecular flexibility index (Phi) is 3.40. The fourth-order valence-electron chi connectivity index (χ4n) is 1.35. The van der Waals surface area contributed by atoms with Gasteiger partial charge in [0.2, 0.25) is 0 Å². The summed E-state index contributed by atoms with van der Waals surface area (Å²) in [6, 6.07) is 3.82. The number of benzene rings is 1. The lowest BCUT2D eigenvalue weighted by atomic mass is 10.2. The predicted molar refractivity (Wildman–Crippen MR) is 69.1 cm³/mol. The van der Waals surface area contributed by atoms with Gasteiger partial charge in [0.15, 0.2) is 0 Å². The molecule has 1 aromatic rings. The summed E-state index contributed by atoms with van der Waals surface area (Å²) in [5, 5.41) is 6.24. The number of carbonyl (C=O) groups is 1. The highest BCUT2D eigenvalue weighted by Gasteiger charge is 2.23. The van der Waals surface area contributed by atoms with Crippen molar-refractivity contribution in [1.29, 1.82) is 0 Å². The fourth-order valence-corrected chi connectivity index (χ4v) is 1.97. The van der Waals surface area contributed by atoms with Crippen molar-refractivity contribution in [3.63, 3.8) is 0 Å². The van der Waals surface area contributed by atoms with E-state index in [0.29, 0.717) is 11.1 Å². The van der Waals surface area contributed by atoms with Crippen LogP contribution < -0.4 is 10.6 Å². The first-order chi connectivity index (χ1) is 7.56. The standard InChI is InChI=1S/C11H12BrClN2O/c1-6-4-8(12)9(13)5-10(6)15-11(16)14-7-2-3-7/h4-5,7H,2-3H2,1H3,(H2,14,15,16). The van der Waals surface area contributed by atoms with Gasteiger partial charge in [-0.05, 0) is 53.4 Å². The fraction of sp³-hybridized carbons (Fsp3) is 0.364. The maximum atomic E-state index is 11.5. The molecule has 1 aromatic carbocycles. The summed E-state index contributed by atoms with van der Waals surface area (Å²) in [5.41, 5.74) is 1.72. The molecule has 0 radical (unpaired) electrons. The van der Waals surface area contributed by atoms with Crippen molar-refractivity contribution >= 4 is 39.2 Å². The molecule has 86 valence electrons. The van der Waals surface area contributed by atoms with E-state index in [1.807, 2.05) is 13.0 Å². The van der Waals surface area contributed by atoms with Gasteiger partial charge in [0.05, 0.1) is 5.02 Å². The maximum absolute atomic E-state index is 11.5. The molecule has 2 rings (SSSR count). The molecule has 0 saturated heterocycles. The van der Waals surface area contributed by atoms with Gasteiger partial charge in [-0.15, -0.1) is 0 Å². The van der Waals surface area contributed by atoms with Crippen LogP contribution in [0.4, 0.5) is 10.5 Å². The first kappa shape index (κ1) is 11.7. The number of amides is 2. The van der Waals surface area contributed by atoms with Crippen LogP contribution in [0.15, 0.2) is 16.6 Å². The van der Waals surface area contributed by atoms with Crippen LogP contribution in [0.5, 0.6) is 0 Å². The van der Waals surface area contributed by atoms with Gasteiger partial charge in [0.1, 0.15) is 0 Å². The third-order valence-electron chi connectivity index (χ3n) is 2.43. The Morgan fingerprint density at radius 3 is 2.81 bits per heavy atom. The summed E-state index contributed by atoms with van der Waals surface area (Å²) in [6.45, 7) is 1.92. The minimum Gasteiger partial charge on any atom is -0.335 e. The molecule has 0 bridgehead atoms. The molecule has 0 unspecified atom stereocenters. The van der Waals surface area contributed by atoms with Gasteiger partial charge < -0.3 is 10.6 Å². The van der Waals surface area contributed by atoms with Crippen LogP contribution in [0.25, 0.3) is 0 Å². The molecule has 0 heterocycles. The normalized spacial score (nSPS) is 14.7. The van der Waals surface area contributed by atoms with Gasteiger partial charge in [0, 0.05) is 16.2 Å². The van der Waals surface area contributed by atoms with E-state index in [1.165, 1.54) is 0 Å². The van der Waals surface area contributed by atoms with Crippen molar-refractivity contribution < 1.29 is 4.79 Å². The summed E-state index contributed by atoms with van der Waals surface area (Å²) in [5.74, 6) is 0. The van der Waals surface area contributed by atoms with Crippen molar-refractivity contribution in [3.8, 4) is 0 Å². The van der Waals surface area contributed by atoms with Gasteiger partial charge >= 0.3 is 6.03 Å². The third-order valence-corrected chi connectivity index (χ3v) is 3.63. The SMILES string of the molecule is Cc1cc(Br)c(Cl)cc1NC(=O)NC1CC1. The molecule has 0 aromatic heterocycles. The molecule has 1 saturated carbocycles. The highest BCUT2D eigenvalue weighted by atomic mass is 79.9. The minimum atomic E-state index is -0.163. The Hall–Kier alpha value is -0.740. The highest BCUT2D eigenvalue weighted by Crippen LogP contribution is 2.29. The number of urea groups is 1. The third kappa shape index (κ3) is 2.89. The van der Waals surface area contributed by atoms with Gasteiger partial charge in [-0.25, -0.2) is 4.79 Å². The number of hydrogen-bond donors (Lipinski definition) is 2. The zero-order chi connectivity index (χ0) is 11.7. The second-order valence-electron chi connectivity index (χ2n) is 3.95. The average molecular weight is 304 g/mol. The second kappa shape index (κ2) is 4.63. The van der Waals surface area contributed by atoms with Crippen LogP contribution in [0.1, 0.15) is 18.4 Å². The van der Waals surface area contributed by atoms with E-state index in [2.05, 4.69) is 26.6 Å². The molecular weight excluding hydrogens is 291 g/mol. The first-order valence-corrected chi connectivity index (χ1v) is 6.26. The first-order valence-electron chi connectivity index (χ1n) is 5.09. The summed E-state index contributed by atoms with van der Waals surface area (Å²) in [7, 11) is 0.